The van der Waals surface area contributed by atoms with E-state index in [9.17, 15) is 14.7 Å². The molecule has 0 fully saturated rings. The van der Waals surface area contributed by atoms with Crippen molar-refractivity contribution in [2.75, 3.05) is 6.54 Å². The first kappa shape index (κ1) is 14.4. The molecule has 3 N–H and O–H groups in total. The number of aliphatic carboxylic acids is 1. The van der Waals surface area contributed by atoms with Gasteiger partial charge in [-0.1, -0.05) is 0 Å². The molecule has 2 rings (SSSR count). The lowest BCUT2D eigenvalue weighted by Gasteiger charge is -2.21. The summed E-state index contributed by atoms with van der Waals surface area (Å²) >= 11 is 1.43. The van der Waals surface area contributed by atoms with Crippen LogP contribution in [0.4, 0.5) is 0 Å². The fourth-order valence-corrected chi connectivity index (χ4v) is 2.47. The molecule has 0 radical (unpaired) electrons. The van der Waals surface area contributed by atoms with E-state index in [0.717, 1.165) is 10.2 Å². The number of aromatic nitrogens is 1. The topological polar surface area (TPSA) is 99.5 Å². The van der Waals surface area contributed by atoms with E-state index in [0.29, 0.717) is 5.56 Å². The number of fused-ring (bicyclic) bond motifs is 1. The highest BCUT2D eigenvalue weighted by molar-refractivity contribution is 7.16. The molecule has 106 valence electrons. The zero-order valence-electron chi connectivity index (χ0n) is 10.8. The van der Waals surface area contributed by atoms with Crippen LogP contribution in [-0.4, -0.2) is 39.2 Å². The van der Waals surface area contributed by atoms with Gasteiger partial charge in [0.1, 0.15) is 0 Å². The Morgan fingerprint density at radius 1 is 1.45 bits per heavy atom. The van der Waals surface area contributed by atoms with Gasteiger partial charge in [-0.3, -0.25) is 9.59 Å². The summed E-state index contributed by atoms with van der Waals surface area (Å²) in [6, 6.07) is 5.10. The Morgan fingerprint density at radius 2 is 2.20 bits per heavy atom. The number of carboxylic acids is 1. The molecule has 0 bridgehead atoms. The largest absolute Gasteiger partial charge is 0.481 e. The first-order valence-electron chi connectivity index (χ1n) is 5.93. The Hall–Kier alpha value is -1.99. The van der Waals surface area contributed by atoms with Crippen LogP contribution in [0.25, 0.3) is 10.2 Å². The number of nitrogens with zero attached hydrogens (tertiary/aromatic N) is 1. The van der Waals surface area contributed by atoms with E-state index in [4.69, 9.17) is 5.11 Å². The van der Waals surface area contributed by atoms with Crippen LogP contribution in [-0.2, 0) is 4.79 Å². The number of carbonyl (C=O) groups is 2. The Balaban J connectivity index is 2.02. The van der Waals surface area contributed by atoms with Gasteiger partial charge in [-0.05, 0) is 25.1 Å². The van der Waals surface area contributed by atoms with E-state index >= 15 is 0 Å². The van der Waals surface area contributed by atoms with Crippen molar-refractivity contribution < 1.29 is 19.8 Å². The van der Waals surface area contributed by atoms with Gasteiger partial charge in [0.15, 0.2) is 0 Å². The number of rotatable bonds is 5. The minimum absolute atomic E-state index is 0.126. The van der Waals surface area contributed by atoms with E-state index < -0.39 is 18.0 Å². The molecule has 1 heterocycles. The third kappa shape index (κ3) is 3.52. The summed E-state index contributed by atoms with van der Waals surface area (Å²) in [6.07, 6.45) is -0.429. The van der Waals surface area contributed by atoms with Gasteiger partial charge < -0.3 is 15.5 Å². The van der Waals surface area contributed by atoms with Crippen LogP contribution in [0.3, 0.4) is 0 Å². The highest BCUT2D eigenvalue weighted by atomic mass is 32.1. The first-order chi connectivity index (χ1) is 9.37. The highest BCUT2D eigenvalue weighted by Crippen LogP contribution is 2.19. The average Bonchev–Trinajstić information content (AvgIpc) is 2.81. The summed E-state index contributed by atoms with van der Waals surface area (Å²) in [7, 11) is 0. The van der Waals surface area contributed by atoms with Crippen molar-refractivity contribution in [1.82, 2.24) is 10.3 Å². The van der Waals surface area contributed by atoms with Gasteiger partial charge in [-0.15, -0.1) is 11.3 Å². The summed E-state index contributed by atoms with van der Waals surface area (Å²) in [5.41, 5.74) is 1.50. The fourth-order valence-electron chi connectivity index (χ4n) is 1.76. The number of nitrogens with one attached hydrogen (secondary N) is 1. The fraction of sp³-hybridized carbons (Fsp3) is 0.308. The normalized spacial score (nSPS) is 13.9. The quantitative estimate of drug-likeness (QED) is 0.770. The molecule has 0 aliphatic heterocycles. The molecule has 0 saturated carbocycles. The van der Waals surface area contributed by atoms with Gasteiger partial charge in [-0.2, -0.15) is 0 Å². The molecule has 7 heteroatoms. The number of hydrogen-bond donors (Lipinski definition) is 3. The highest BCUT2D eigenvalue weighted by Gasteiger charge is 2.25. The zero-order chi connectivity index (χ0) is 14.8. The maximum atomic E-state index is 12.0. The maximum absolute atomic E-state index is 12.0. The summed E-state index contributed by atoms with van der Waals surface area (Å²) < 4.78 is 0.898. The third-order valence-corrected chi connectivity index (χ3v) is 3.55. The number of carboxylic acid groups (broad SMARTS) is 1. The van der Waals surface area contributed by atoms with Gasteiger partial charge in [-0.25, -0.2) is 4.98 Å². The number of aliphatic hydroxyl groups is 1. The van der Waals surface area contributed by atoms with Crippen molar-refractivity contribution in [2.24, 2.45) is 0 Å². The molecule has 0 aliphatic rings. The van der Waals surface area contributed by atoms with Crippen molar-refractivity contribution in [3.8, 4) is 0 Å². The first-order valence-corrected chi connectivity index (χ1v) is 6.81. The third-order valence-electron chi connectivity index (χ3n) is 2.76. The molecular weight excluding hydrogens is 280 g/mol. The van der Waals surface area contributed by atoms with E-state index in [1.165, 1.54) is 18.3 Å². The van der Waals surface area contributed by atoms with E-state index in [-0.39, 0.29) is 12.5 Å². The lowest BCUT2D eigenvalue weighted by atomic mass is 10.0. The van der Waals surface area contributed by atoms with Crippen LogP contribution < -0.4 is 5.32 Å². The summed E-state index contributed by atoms with van der Waals surface area (Å²) in [5, 5.41) is 21.0. The second-order valence-corrected chi connectivity index (χ2v) is 5.67. The number of benzene rings is 1. The molecule has 2 aromatic rings. The molecule has 1 aromatic heterocycles. The van der Waals surface area contributed by atoms with E-state index in [1.54, 1.807) is 23.7 Å². The smallest absolute Gasteiger partial charge is 0.306 e. The molecule has 1 amide bonds. The molecule has 0 spiro atoms. The molecule has 0 saturated heterocycles. The maximum Gasteiger partial charge on any atom is 0.306 e. The Morgan fingerprint density at radius 3 is 2.90 bits per heavy atom. The van der Waals surface area contributed by atoms with Crippen LogP contribution in [0.15, 0.2) is 23.7 Å². The van der Waals surface area contributed by atoms with Crippen molar-refractivity contribution in [1.29, 1.82) is 0 Å². The minimum atomic E-state index is -1.48. The monoisotopic (exact) mass is 294 g/mol. The van der Waals surface area contributed by atoms with Crippen molar-refractivity contribution in [3.05, 3.63) is 29.3 Å². The van der Waals surface area contributed by atoms with Gasteiger partial charge in [0.25, 0.3) is 5.91 Å². The minimum Gasteiger partial charge on any atom is -0.481 e. The predicted molar refractivity (Wildman–Crippen MR) is 74.8 cm³/mol. The molecule has 1 aromatic carbocycles. The van der Waals surface area contributed by atoms with Gasteiger partial charge in [0, 0.05) is 12.1 Å². The number of thiazole rings is 1. The van der Waals surface area contributed by atoms with Gasteiger partial charge in [0.05, 0.1) is 27.7 Å². The summed E-state index contributed by atoms with van der Waals surface area (Å²) in [4.78, 5) is 26.6. The van der Waals surface area contributed by atoms with Gasteiger partial charge in [0.2, 0.25) is 0 Å². The van der Waals surface area contributed by atoms with Crippen LogP contribution in [0.1, 0.15) is 23.7 Å². The van der Waals surface area contributed by atoms with Crippen LogP contribution in [0.5, 0.6) is 0 Å². The average molecular weight is 294 g/mol. The lowest BCUT2D eigenvalue weighted by Crippen LogP contribution is -2.42. The molecule has 0 aliphatic carbocycles. The number of hydrogen-bond acceptors (Lipinski definition) is 5. The number of amides is 1. The Labute approximate surface area is 119 Å². The molecule has 6 nitrogen and oxygen atoms in total. The van der Waals surface area contributed by atoms with Crippen LogP contribution in [0.2, 0.25) is 0 Å². The Bertz CT molecular complexity index is 651. The lowest BCUT2D eigenvalue weighted by molar-refractivity contribution is -0.141. The SMILES string of the molecule is CC(O)(CNC(=O)c1ccc2ncsc2c1)CC(=O)O. The Kier molecular flexibility index (Phi) is 4.01. The molecule has 1 unspecified atom stereocenters. The second kappa shape index (κ2) is 5.56. The van der Waals surface area contributed by atoms with E-state index in [2.05, 4.69) is 10.3 Å². The summed E-state index contributed by atoms with van der Waals surface area (Å²) in [6.45, 7) is 1.24. The van der Waals surface area contributed by atoms with Crippen molar-refractivity contribution in [3.63, 3.8) is 0 Å². The van der Waals surface area contributed by atoms with E-state index in [1.807, 2.05) is 0 Å². The second-order valence-electron chi connectivity index (χ2n) is 4.78. The zero-order valence-corrected chi connectivity index (χ0v) is 11.6. The van der Waals surface area contributed by atoms with Crippen LogP contribution >= 0.6 is 11.3 Å². The predicted octanol–water partition coefficient (Wildman–Crippen LogP) is 1.25. The number of carbonyl (C=O) groups excluding carboxylic acids is 1. The summed E-state index contributed by atoms with van der Waals surface area (Å²) in [5.74, 6) is -1.47. The van der Waals surface area contributed by atoms with Crippen molar-refractivity contribution in [2.45, 2.75) is 18.9 Å². The van der Waals surface area contributed by atoms with Crippen LogP contribution in [0, 0.1) is 0 Å². The van der Waals surface area contributed by atoms with Gasteiger partial charge >= 0.3 is 5.97 Å². The standard InChI is InChI=1S/C13H14N2O4S/c1-13(19,5-11(16)17)6-14-12(18)8-2-3-9-10(4-8)20-7-15-9/h2-4,7,19H,5-6H2,1H3,(H,14,18)(H,16,17). The van der Waals surface area contributed by atoms with Crippen molar-refractivity contribution >= 4 is 33.4 Å². The molecular formula is C13H14N2O4S. The molecule has 1 atom stereocenters. The molecule has 20 heavy (non-hydrogen) atoms.